The predicted molar refractivity (Wildman–Crippen MR) is 95.7 cm³/mol. The highest BCUT2D eigenvalue weighted by Gasteiger charge is 2.17. The quantitative estimate of drug-likeness (QED) is 0.516. The van der Waals surface area contributed by atoms with E-state index in [1.165, 1.54) is 21.9 Å². The van der Waals surface area contributed by atoms with Crippen LogP contribution in [0.25, 0.3) is 21.9 Å². The molecule has 0 aliphatic heterocycles. The second kappa shape index (κ2) is 5.15. The van der Waals surface area contributed by atoms with Gasteiger partial charge in [0.15, 0.2) is 0 Å². The largest absolute Gasteiger partial charge is 0.456 e. The van der Waals surface area contributed by atoms with Gasteiger partial charge in [0, 0.05) is 10.8 Å². The van der Waals surface area contributed by atoms with Gasteiger partial charge in [0.25, 0.3) is 0 Å². The third-order valence-electron chi connectivity index (χ3n) is 4.89. The van der Waals surface area contributed by atoms with Crippen molar-refractivity contribution in [3.05, 3.63) is 47.5 Å². The van der Waals surface area contributed by atoms with Crippen LogP contribution in [0.15, 0.2) is 40.8 Å². The van der Waals surface area contributed by atoms with E-state index in [4.69, 9.17) is 4.42 Å². The minimum Gasteiger partial charge on any atom is -0.456 e. The zero-order chi connectivity index (χ0) is 16.1. The molecule has 2 aromatic carbocycles. The van der Waals surface area contributed by atoms with E-state index < -0.39 is 0 Å². The van der Waals surface area contributed by atoms with Crippen LogP contribution >= 0.6 is 0 Å². The first kappa shape index (κ1) is 15.1. The molecule has 0 spiro atoms. The smallest absolute Gasteiger partial charge is 0.135 e. The highest BCUT2D eigenvalue weighted by Crippen LogP contribution is 2.35. The highest BCUT2D eigenvalue weighted by atomic mass is 16.3. The van der Waals surface area contributed by atoms with Crippen LogP contribution in [0.1, 0.15) is 58.6 Å². The van der Waals surface area contributed by atoms with Gasteiger partial charge in [-0.25, -0.2) is 0 Å². The lowest BCUT2D eigenvalue weighted by molar-refractivity contribution is 0.535. The van der Waals surface area contributed by atoms with Gasteiger partial charge in [-0.15, -0.1) is 0 Å². The lowest BCUT2D eigenvalue weighted by atomic mass is 9.86. The Morgan fingerprint density at radius 3 is 2.00 bits per heavy atom. The fraction of sp³-hybridized carbons (Fsp3) is 0.429. The summed E-state index contributed by atoms with van der Waals surface area (Å²) in [4.78, 5) is 0. The Bertz CT molecular complexity index is 815. The molecule has 0 bridgehead atoms. The average Bonchev–Trinajstić information content (AvgIpc) is 2.82. The maximum absolute atomic E-state index is 6.02. The fourth-order valence-electron chi connectivity index (χ4n) is 2.93. The third-order valence-corrected chi connectivity index (χ3v) is 4.89. The minimum absolute atomic E-state index is 0.153. The molecule has 0 radical (unpaired) electrons. The molecule has 0 saturated carbocycles. The summed E-state index contributed by atoms with van der Waals surface area (Å²) in [7, 11) is 0. The van der Waals surface area contributed by atoms with E-state index in [9.17, 15) is 0 Å². The summed E-state index contributed by atoms with van der Waals surface area (Å²) in [6.45, 7) is 13.6. The average molecular weight is 294 g/mol. The van der Waals surface area contributed by atoms with Crippen molar-refractivity contribution in [1.82, 2.24) is 0 Å². The second-order valence-corrected chi connectivity index (χ2v) is 7.85. The Morgan fingerprint density at radius 2 is 1.41 bits per heavy atom. The first-order valence-corrected chi connectivity index (χ1v) is 8.24. The number of hydrogen-bond acceptors (Lipinski definition) is 1. The number of rotatable bonds is 2. The summed E-state index contributed by atoms with van der Waals surface area (Å²) in [5.41, 5.74) is 4.87. The van der Waals surface area contributed by atoms with Gasteiger partial charge in [0.1, 0.15) is 11.2 Å². The van der Waals surface area contributed by atoms with E-state index in [0.717, 1.165) is 11.2 Å². The van der Waals surface area contributed by atoms with Gasteiger partial charge in [-0.2, -0.15) is 0 Å². The summed E-state index contributed by atoms with van der Waals surface area (Å²) in [6.07, 6.45) is 0. The van der Waals surface area contributed by atoms with Crippen molar-refractivity contribution in [2.75, 3.05) is 0 Å². The first-order valence-electron chi connectivity index (χ1n) is 8.24. The van der Waals surface area contributed by atoms with E-state index in [1.807, 2.05) is 0 Å². The predicted octanol–water partition coefficient (Wildman–Crippen LogP) is 6.64. The van der Waals surface area contributed by atoms with Gasteiger partial charge < -0.3 is 4.42 Å². The van der Waals surface area contributed by atoms with Crippen molar-refractivity contribution in [3.8, 4) is 0 Å². The molecule has 0 aliphatic rings. The number of benzene rings is 2. The molecule has 0 aliphatic carbocycles. The van der Waals surface area contributed by atoms with Crippen molar-refractivity contribution in [2.24, 2.45) is 5.92 Å². The summed E-state index contributed by atoms with van der Waals surface area (Å²) < 4.78 is 6.02. The van der Waals surface area contributed by atoms with E-state index in [1.54, 1.807) is 0 Å². The molecule has 1 nitrogen and oxygen atoms in total. The Balaban J connectivity index is 2.23. The van der Waals surface area contributed by atoms with E-state index >= 15 is 0 Å². The maximum Gasteiger partial charge on any atom is 0.135 e. The zero-order valence-electron chi connectivity index (χ0n) is 14.5. The highest BCUT2D eigenvalue weighted by molar-refractivity contribution is 6.05. The molecule has 0 N–H and O–H groups in total. The van der Waals surface area contributed by atoms with Crippen LogP contribution in [0, 0.1) is 5.92 Å². The summed E-state index contributed by atoms with van der Waals surface area (Å²) in [5.74, 6) is 1.20. The summed E-state index contributed by atoms with van der Waals surface area (Å²) >= 11 is 0. The van der Waals surface area contributed by atoms with Crippen LogP contribution < -0.4 is 0 Å². The van der Waals surface area contributed by atoms with Crippen molar-refractivity contribution < 1.29 is 4.42 Å². The van der Waals surface area contributed by atoms with Gasteiger partial charge in [-0.3, -0.25) is 0 Å². The molecule has 1 heteroatoms. The monoisotopic (exact) mass is 294 g/mol. The van der Waals surface area contributed by atoms with E-state index in [0.29, 0.717) is 11.8 Å². The first-order chi connectivity index (χ1) is 10.3. The molecule has 1 unspecified atom stereocenters. The van der Waals surface area contributed by atoms with Crippen molar-refractivity contribution in [1.29, 1.82) is 0 Å². The number of hydrogen-bond donors (Lipinski definition) is 0. The van der Waals surface area contributed by atoms with Crippen molar-refractivity contribution >= 4 is 21.9 Å². The Labute approximate surface area is 133 Å². The van der Waals surface area contributed by atoms with Gasteiger partial charge >= 0.3 is 0 Å². The number of furan rings is 1. The fourth-order valence-corrected chi connectivity index (χ4v) is 2.93. The standard InChI is InChI=1S/C21H26O/c1-13(2)14(3)15-7-9-19-17(11-15)18-12-16(21(4,5)6)8-10-20(18)22-19/h7-14H,1-6H3. The van der Waals surface area contributed by atoms with Crippen LogP contribution in [0.3, 0.4) is 0 Å². The van der Waals surface area contributed by atoms with E-state index in [2.05, 4.69) is 77.9 Å². The Hall–Kier alpha value is -1.76. The molecule has 3 rings (SSSR count). The Morgan fingerprint density at radius 1 is 0.818 bits per heavy atom. The van der Waals surface area contributed by atoms with Crippen LogP contribution in [0.5, 0.6) is 0 Å². The molecule has 3 aromatic rings. The molecule has 1 atom stereocenters. The lowest BCUT2D eigenvalue weighted by Gasteiger charge is -2.18. The van der Waals surface area contributed by atoms with Crippen LogP contribution in [0.4, 0.5) is 0 Å². The normalized spacial score (nSPS) is 14.1. The molecule has 22 heavy (non-hydrogen) atoms. The lowest BCUT2D eigenvalue weighted by Crippen LogP contribution is -2.10. The van der Waals surface area contributed by atoms with Crippen LogP contribution in [-0.2, 0) is 5.41 Å². The van der Waals surface area contributed by atoms with Gasteiger partial charge in [0.2, 0.25) is 0 Å². The van der Waals surface area contributed by atoms with Crippen molar-refractivity contribution in [3.63, 3.8) is 0 Å². The second-order valence-electron chi connectivity index (χ2n) is 7.85. The molecule has 0 amide bonds. The third kappa shape index (κ3) is 2.54. The van der Waals surface area contributed by atoms with Gasteiger partial charge in [0.05, 0.1) is 0 Å². The maximum atomic E-state index is 6.02. The molecule has 1 heterocycles. The molecule has 1 aromatic heterocycles. The molecule has 116 valence electrons. The molecular weight excluding hydrogens is 268 g/mol. The molecule has 0 saturated heterocycles. The summed E-state index contributed by atoms with van der Waals surface area (Å²) in [5, 5.41) is 2.48. The van der Waals surface area contributed by atoms with Crippen molar-refractivity contribution in [2.45, 2.75) is 52.9 Å². The van der Waals surface area contributed by atoms with Crippen LogP contribution in [0.2, 0.25) is 0 Å². The van der Waals surface area contributed by atoms with Gasteiger partial charge in [-0.05, 0) is 52.6 Å². The Kier molecular flexibility index (Phi) is 3.55. The van der Waals surface area contributed by atoms with Crippen LogP contribution in [-0.4, -0.2) is 0 Å². The number of fused-ring (bicyclic) bond motifs is 3. The van der Waals surface area contributed by atoms with Gasteiger partial charge in [-0.1, -0.05) is 53.7 Å². The summed E-state index contributed by atoms with van der Waals surface area (Å²) in [6, 6.07) is 13.2. The van der Waals surface area contributed by atoms with E-state index in [-0.39, 0.29) is 5.41 Å². The topological polar surface area (TPSA) is 13.1 Å². The molecule has 0 fully saturated rings. The molecular formula is C21H26O. The minimum atomic E-state index is 0.153. The zero-order valence-corrected chi connectivity index (χ0v) is 14.5. The SMILES string of the molecule is CC(C)C(C)c1ccc2oc3ccc(C(C)(C)C)cc3c2c1.